The highest BCUT2D eigenvalue weighted by Gasteiger charge is 2.38. The molecule has 0 bridgehead atoms. The zero-order valence-electron chi connectivity index (χ0n) is 9.14. The Hall–Kier alpha value is -1.64. The Morgan fingerprint density at radius 1 is 1.50 bits per heavy atom. The van der Waals surface area contributed by atoms with Crippen molar-refractivity contribution in [1.29, 1.82) is 0 Å². The van der Waals surface area contributed by atoms with Crippen molar-refractivity contribution in [1.82, 2.24) is 0 Å². The minimum absolute atomic E-state index is 0.0375. The highest BCUT2D eigenvalue weighted by Crippen LogP contribution is 2.37. The Morgan fingerprint density at radius 2 is 2.19 bits per heavy atom. The van der Waals surface area contributed by atoms with Crippen molar-refractivity contribution in [3.63, 3.8) is 0 Å². The summed E-state index contributed by atoms with van der Waals surface area (Å²) in [6, 6.07) is 7.52. The molecule has 3 heteroatoms. The first-order valence-electron chi connectivity index (χ1n) is 5.48. The number of fused-ring (bicyclic) bond motifs is 1. The van der Waals surface area contributed by atoms with Gasteiger partial charge in [-0.1, -0.05) is 31.2 Å². The summed E-state index contributed by atoms with van der Waals surface area (Å²) in [5, 5.41) is 9.12. The van der Waals surface area contributed by atoms with Crippen LogP contribution in [0, 0.1) is 5.92 Å². The Labute approximate surface area is 94.1 Å². The van der Waals surface area contributed by atoms with E-state index in [1.807, 2.05) is 31.2 Å². The van der Waals surface area contributed by atoms with E-state index in [-0.39, 0.29) is 5.78 Å². The molecule has 0 radical (unpaired) electrons. The van der Waals surface area contributed by atoms with E-state index in [0.29, 0.717) is 12.8 Å². The fourth-order valence-electron chi connectivity index (χ4n) is 2.46. The predicted octanol–water partition coefficient (Wildman–Crippen LogP) is 2.01. The lowest BCUT2D eigenvalue weighted by Crippen LogP contribution is -2.24. The maximum atomic E-state index is 11.9. The van der Waals surface area contributed by atoms with Gasteiger partial charge in [0.2, 0.25) is 0 Å². The molecule has 3 nitrogen and oxygen atoms in total. The summed E-state index contributed by atoms with van der Waals surface area (Å²) in [4.78, 5) is 23.0. The molecule has 0 saturated heterocycles. The molecule has 2 atom stereocenters. The van der Waals surface area contributed by atoms with Crippen LogP contribution in [0.5, 0.6) is 0 Å². The van der Waals surface area contributed by atoms with Crippen LogP contribution in [0.15, 0.2) is 24.3 Å². The fraction of sp³-hybridized carbons (Fsp3) is 0.385. The van der Waals surface area contributed by atoms with Crippen molar-refractivity contribution in [3.8, 4) is 0 Å². The first-order chi connectivity index (χ1) is 7.65. The van der Waals surface area contributed by atoms with E-state index < -0.39 is 17.8 Å². The molecule has 0 amide bonds. The number of aliphatic carboxylic acids is 1. The van der Waals surface area contributed by atoms with E-state index in [0.717, 1.165) is 11.1 Å². The van der Waals surface area contributed by atoms with E-state index in [4.69, 9.17) is 5.11 Å². The number of carbonyl (C=O) groups excluding carboxylic acids is 1. The van der Waals surface area contributed by atoms with Gasteiger partial charge in [-0.2, -0.15) is 0 Å². The van der Waals surface area contributed by atoms with Crippen LogP contribution >= 0.6 is 0 Å². The van der Waals surface area contributed by atoms with Crippen LogP contribution in [0.1, 0.15) is 30.4 Å². The molecule has 0 aliphatic heterocycles. The largest absolute Gasteiger partial charge is 0.481 e. The van der Waals surface area contributed by atoms with Crippen LogP contribution in [0.4, 0.5) is 0 Å². The zero-order chi connectivity index (χ0) is 11.7. The number of ketones is 1. The Bertz CT molecular complexity index is 437. The topological polar surface area (TPSA) is 54.4 Å². The lowest BCUT2D eigenvalue weighted by atomic mass is 9.85. The second-order valence-corrected chi connectivity index (χ2v) is 4.17. The van der Waals surface area contributed by atoms with Gasteiger partial charge in [0.25, 0.3) is 0 Å². The van der Waals surface area contributed by atoms with E-state index >= 15 is 0 Å². The molecular weight excluding hydrogens is 204 g/mol. The first kappa shape index (κ1) is 10.9. The predicted molar refractivity (Wildman–Crippen MR) is 59.3 cm³/mol. The molecule has 2 unspecified atom stereocenters. The summed E-state index contributed by atoms with van der Waals surface area (Å²) in [6.45, 7) is 1.81. The minimum atomic E-state index is -0.877. The Balaban J connectivity index is 2.42. The van der Waals surface area contributed by atoms with Gasteiger partial charge in [0.1, 0.15) is 5.78 Å². The third-order valence-electron chi connectivity index (χ3n) is 3.26. The third-order valence-corrected chi connectivity index (χ3v) is 3.26. The van der Waals surface area contributed by atoms with E-state index in [9.17, 15) is 9.59 Å². The highest BCUT2D eigenvalue weighted by atomic mass is 16.4. The van der Waals surface area contributed by atoms with E-state index in [1.165, 1.54) is 0 Å². The second-order valence-electron chi connectivity index (χ2n) is 4.17. The summed E-state index contributed by atoms with van der Waals surface area (Å²) in [5.41, 5.74) is 1.89. The number of hydrogen-bond acceptors (Lipinski definition) is 2. The second kappa shape index (κ2) is 4.08. The molecule has 16 heavy (non-hydrogen) atoms. The fourth-order valence-corrected chi connectivity index (χ4v) is 2.46. The van der Waals surface area contributed by atoms with Crippen LogP contribution < -0.4 is 0 Å². The van der Waals surface area contributed by atoms with Gasteiger partial charge >= 0.3 is 5.97 Å². The van der Waals surface area contributed by atoms with Crippen molar-refractivity contribution in [2.75, 3.05) is 0 Å². The van der Waals surface area contributed by atoms with Crippen molar-refractivity contribution >= 4 is 11.8 Å². The quantitative estimate of drug-likeness (QED) is 0.844. The van der Waals surface area contributed by atoms with Crippen molar-refractivity contribution in [2.45, 2.75) is 25.7 Å². The zero-order valence-corrected chi connectivity index (χ0v) is 9.14. The molecule has 1 aliphatic rings. The van der Waals surface area contributed by atoms with E-state index in [1.54, 1.807) is 0 Å². The molecule has 0 saturated carbocycles. The number of rotatable bonds is 3. The maximum Gasteiger partial charge on any atom is 0.307 e. The molecule has 2 rings (SSSR count). The SMILES string of the molecule is CCC(C(=O)O)C1C(=O)Cc2ccccc21. The number of carboxylic acid groups (broad SMARTS) is 1. The number of Topliss-reactive ketones (excluding diaryl/α,β-unsaturated/α-hetero) is 1. The average molecular weight is 218 g/mol. The summed E-state index contributed by atoms with van der Waals surface area (Å²) in [5.74, 6) is -1.87. The lowest BCUT2D eigenvalue weighted by Gasteiger charge is -2.17. The van der Waals surface area contributed by atoms with Crippen LogP contribution in [0.25, 0.3) is 0 Å². The van der Waals surface area contributed by atoms with Gasteiger partial charge in [-0.15, -0.1) is 0 Å². The van der Waals surface area contributed by atoms with Crippen molar-refractivity contribution in [3.05, 3.63) is 35.4 Å². The van der Waals surface area contributed by atoms with Gasteiger partial charge in [0, 0.05) is 6.42 Å². The molecular formula is C13H14O3. The number of carbonyl (C=O) groups is 2. The summed E-state index contributed by atoms with van der Waals surface area (Å²) >= 11 is 0. The van der Waals surface area contributed by atoms with Gasteiger partial charge in [-0.25, -0.2) is 0 Å². The lowest BCUT2D eigenvalue weighted by molar-refractivity contribution is -0.144. The molecule has 1 aliphatic carbocycles. The molecule has 0 aromatic heterocycles. The minimum Gasteiger partial charge on any atom is -0.481 e. The molecule has 84 valence electrons. The van der Waals surface area contributed by atoms with Crippen LogP contribution in [-0.2, 0) is 16.0 Å². The number of benzene rings is 1. The van der Waals surface area contributed by atoms with E-state index in [2.05, 4.69) is 0 Å². The molecule has 1 aromatic rings. The van der Waals surface area contributed by atoms with Crippen LogP contribution in [0.2, 0.25) is 0 Å². The Morgan fingerprint density at radius 3 is 2.81 bits per heavy atom. The first-order valence-corrected chi connectivity index (χ1v) is 5.48. The summed E-state index contributed by atoms with van der Waals surface area (Å²) < 4.78 is 0. The van der Waals surface area contributed by atoms with Crippen LogP contribution in [-0.4, -0.2) is 16.9 Å². The molecule has 1 N–H and O–H groups in total. The molecule has 0 spiro atoms. The Kier molecular flexibility index (Phi) is 2.77. The number of hydrogen-bond donors (Lipinski definition) is 1. The summed E-state index contributed by atoms with van der Waals surface area (Å²) in [6.07, 6.45) is 0.866. The standard InChI is InChI=1S/C13H14O3/c1-2-9(13(15)16)12-10-6-4-3-5-8(10)7-11(12)14/h3-6,9,12H,2,7H2,1H3,(H,15,16). The van der Waals surface area contributed by atoms with Crippen LogP contribution in [0.3, 0.4) is 0 Å². The van der Waals surface area contributed by atoms with Gasteiger partial charge in [0.15, 0.2) is 0 Å². The normalized spacial score (nSPS) is 20.6. The average Bonchev–Trinajstić information content (AvgIpc) is 2.57. The highest BCUT2D eigenvalue weighted by molar-refractivity contribution is 5.96. The monoisotopic (exact) mass is 218 g/mol. The number of carboxylic acids is 1. The van der Waals surface area contributed by atoms with Crippen molar-refractivity contribution in [2.24, 2.45) is 5.92 Å². The van der Waals surface area contributed by atoms with Crippen molar-refractivity contribution < 1.29 is 14.7 Å². The smallest absolute Gasteiger partial charge is 0.307 e. The third kappa shape index (κ3) is 1.62. The van der Waals surface area contributed by atoms with Gasteiger partial charge < -0.3 is 5.11 Å². The van der Waals surface area contributed by atoms with Gasteiger partial charge in [-0.05, 0) is 17.5 Å². The molecule has 0 fully saturated rings. The summed E-state index contributed by atoms with van der Waals surface area (Å²) in [7, 11) is 0. The molecule has 1 aromatic carbocycles. The molecule has 0 heterocycles. The van der Waals surface area contributed by atoms with Gasteiger partial charge in [0.05, 0.1) is 11.8 Å². The maximum absolute atomic E-state index is 11.9. The van der Waals surface area contributed by atoms with Gasteiger partial charge in [-0.3, -0.25) is 9.59 Å².